The number of aliphatic hydroxyl groups is 3. The molecule has 12 nitrogen and oxygen atoms in total. The van der Waals surface area contributed by atoms with Crippen LogP contribution in [0, 0.1) is 11.8 Å². The minimum atomic E-state index is -2.54. The van der Waals surface area contributed by atoms with Crippen molar-refractivity contribution in [1.82, 2.24) is 19.5 Å². The van der Waals surface area contributed by atoms with E-state index in [1.807, 2.05) is 0 Å². The Morgan fingerprint density at radius 2 is 1.90 bits per heavy atom. The van der Waals surface area contributed by atoms with Gasteiger partial charge in [-0.05, 0) is 0 Å². The Labute approximate surface area is 170 Å². The summed E-state index contributed by atoms with van der Waals surface area (Å²) in [6.07, 6.45) is -4.82. The summed E-state index contributed by atoms with van der Waals surface area (Å²) in [5.41, 5.74) is 1.91. The van der Waals surface area contributed by atoms with Crippen molar-refractivity contribution >= 4 is 28.7 Å². The summed E-state index contributed by atoms with van der Waals surface area (Å²) in [6, 6.07) is 0. The van der Waals surface area contributed by atoms with Gasteiger partial charge in [-0.15, -0.1) is 0 Å². The second kappa shape index (κ2) is 7.54. The van der Waals surface area contributed by atoms with Gasteiger partial charge in [0.2, 0.25) is 11.7 Å². The number of ether oxygens (including phenoxy) is 1. The van der Waals surface area contributed by atoms with E-state index >= 15 is 0 Å². The summed E-state index contributed by atoms with van der Waals surface area (Å²) in [6.45, 7) is 5.53. The first-order valence-electron chi connectivity index (χ1n) is 9.48. The van der Waals surface area contributed by atoms with E-state index in [1.54, 1.807) is 13.8 Å². The maximum atomic E-state index is 12.9. The lowest BCUT2D eigenvalue weighted by Gasteiger charge is -2.32. The predicted octanol–water partition coefficient (Wildman–Crippen LogP) is -1.25. The van der Waals surface area contributed by atoms with Gasteiger partial charge in [-0.3, -0.25) is 23.9 Å². The largest absolute Gasteiger partial charge is 0.394 e. The molecule has 164 valence electrons. The summed E-state index contributed by atoms with van der Waals surface area (Å²) in [4.78, 5) is 48.5. The molecule has 6 N–H and O–H groups in total. The number of rotatable bonds is 6. The molecule has 2 aromatic rings. The third kappa shape index (κ3) is 3.12. The van der Waals surface area contributed by atoms with Gasteiger partial charge >= 0.3 is 0 Å². The minimum Gasteiger partial charge on any atom is -0.394 e. The Bertz CT molecular complexity index is 1060. The molecule has 1 aliphatic heterocycles. The standard InChI is InChI=1S/C18H25N5O7/c1-6(2)10(25)14-20-9-13(21-17(19)22-15(9)28)23(14)16-18(29,11(26)7(3)4)12(27)8(5-24)30-16/h6-8,12,16,24,27,29H,5H2,1-4H3,(H3,19,21,22,28)/t8-,12-,16-,18+/m1/s1. The average Bonchev–Trinajstić information content (AvgIpc) is 3.16. The Hall–Kier alpha value is -2.67. The summed E-state index contributed by atoms with van der Waals surface area (Å²) in [7, 11) is 0. The van der Waals surface area contributed by atoms with Crippen LogP contribution in [0.5, 0.6) is 0 Å². The molecule has 0 spiro atoms. The van der Waals surface area contributed by atoms with Crippen molar-refractivity contribution in [2.45, 2.75) is 51.7 Å². The first-order chi connectivity index (χ1) is 13.9. The molecule has 3 heterocycles. The van der Waals surface area contributed by atoms with E-state index in [9.17, 15) is 29.7 Å². The predicted molar refractivity (Wildman–Crippen MR) is 104 cm³/mol. The molecule has 0 bridgehead atoms. The van der Waals surface area contributed by atoms with Crippen molar-refractivity contribution in [2.75, 3.05) is 12.3 Å². The molecule has 1 saturated heterocycles. The molecular formula is C18H25N5O7. The average molecular weight is 423 g/mol. The normalized spacial score (nSPS) is 26.8. The Balaban J connectivity index is 2.38. The fraction of sp³-hybridized carbons (Fsp3) is 0.611. The van der Waals surface area contributed by atoms with Crippen LogP contribution in [0.3, 0.4) is 0 Å². The highest BCUT2D eigenvalue weighted by molar-refractivity contribution is 5.97. The van der Waals surface area contributed by atoms with Crippen LogP contribution < -0.4 is 11.3 Å². The molecule has 2 aromatic heterocycles. The molecule has 0 aliphatic carbocycles. The smallest absolute Gasteiger partial charge is 0.280 e. The highest BCUT2D eigenvalue weighted by Crippen LogP contribution is 2.42. The monoisotopic (exact) mass is 423 g/mol. The zero-order valence-corrected chi connectivity index (χ0v) is 17.0. The molecular weight excluding hydrogens is 398 g/mol. The van der Waals surface area contributed by atoms with Crippen LogP contribution in [0.15, 0.2) is 4.79 Å². The van der Waals surface area contributed by atoms with Crippen molar-refractivity contribution in [2.24, 2.45) is 11.8 Å². The second-order valence-corrected chi connectivity index (χ2v) is 7.95. The van der Waals surface area contributed by atoms with Crippen LogP contribution >= 0.6 is 0 Å². The number of nitrogens with zero attached hydrogens (tertiary/aromatic N) is 3. The Kier molecular flexibility index (Phi) is 5.54. The molecule has 1 fully saturated rings. The maximum absolute atomic E-state index is 12.9. The van der Waals surface area contributed by atoms with Gasteiger partial charge in [0.1, 0.15) is 12.2 Å². The van der Waals surface area contributed by atoms with E-state index in [1.165, 1.54) is 13.8 Å². The van der Waals surface area contributed by atoms with Crippen molar-refractivity contribution in [3.05, 3.63) is 16.2 Å². The highest BCUT2D eigenvalue weighted by Gasteiger charge is 2.62. The number of carbonyl (C=O) groups excluding carboxylic acids is 2. The number of Topliss-reactive ketones (excluding diaryl/α,β-unsaturated/α-hetero) is 2. The van der Waals surface area contributed by atoms with Gasteiger partial charge in [0.25, 0.3) is 5.56 Å². The maximum Gasteiger partial charge on any atom is 0.280 e. The van der Waals surface area contributed by atoms with Gasteiger partial charge in [-0.25, -0.2) is 4.98 Å². The molecule has 0 radical (unpaired) electrons. The van der Waals surface area contributed by atoms with Gasteiger partial charge in [-0.1, -0.05) is 27.7 Å². The minimum absolute atomic E-state index is 0.203. The molecule has 12 heteroatoms. The van der Waals surface area contributed by atoms with Crippen LogP contribution in [-0.4, -0.2) is 70.8 Å². The number of nitrogens with two attached hydrogens (primary N) is 1. The van der Waals surface area contributed by atoms with E-state index in [-0.39, 0.29) is 22.9 Å². The van der Waals surface area contributed by atoms with E-state index in [0.29, 0.717) is 0 Å². The van der Waals surface area contributed by atoms with Crippen LogP contribution in [-0.2, 0) is 9.53 Å². The molecule has 1 aliphatic rings. The number of fused-ring (bicyclic) bond motifs is 1. The number of imidazole rings is 1. The lowest BCUT2D eigenvalue weighted by molar-refractivity contribution is -0.161. The first-order valence-corrected chi connectivity index (χ1v) is 9.48. The van der Waals surface area contributed by atoms with Gasteiger partial charge in [0, 0.05) is 11.8 Å². The van der Waals surface area contributed by atoms with Gasteiger partial charge < -0.3 is 25.8 Å². The number of aromatic amines is 1. The van der Waals surface area contributed by atoms with Gasteiger partial charge in [-0.2, -0.15) is 4.98 Å². The van der Waals surface area contributed by atoms with Crippen LogP contribution in [0.25, 0.3) is 11.2 Å². The third-order valence-corrected chi connectivity index (χ3v) is 5.13. The number of anilines is 1. The van der Waals surface area contributed by atoms with Crippen molar-refractivity contribution < 1.29 is 29.6 Å². The first kappa shape index (κ1) is 22.0. The number of carbonyl (C=O) groups is 2. The number of nitrogen functional groups attached to an aromatic ring is 1. The molecule has 0 saturated carbocycles. The number of aromatic nitrogens is 4. The Morgan fingerprint density at radius 1 is 1.27 bits per heavy atom. The molecule has 0 aromatic carbocycles. The number of ketones is 2. The summed E-state index contributed by atoms with van der Waals surface area (Å²) < 4.78 is 6.62. The number of hydrogen-bond acceptors (Lipinski definition) is 10. The van der Waals surface area contributed by atoms with E-state index in [4.69, 9.17) is 10.5 Å². The lowest BCUT2D eigenvalue weighted by Crippen LogP contribution is -2.55. The van der Waals surface area contributed by atoms with Crippen LogP contribution in [0.2, 0.25) is 0 Å². The zero-order chi connectivity index (χ0) is 22.5. The molecule has 0 unspecified atom stereocenters. The van der Waals surface area contributed by atoms with E-state index < -0.39 is 59.6 Å². The fourth-order valence-corrected chi connectivity index (χ4v) is 3.56. The number of H-pyrrole nitrogens is 1. The highest BCUT2D eigenvalue weighted by atomic mass is 16.6. The number of nitrogens with one attached hydrogen (secondary N) is 1. The number of hydrogen-bond donors (Lipinski definition) is 5. The Morgan fingerprint density at radius 3 is 2.43 bits per heavy atom. The van der Waals surface area contributed by atoms with E-state index in [2.05, 4.69) is 15.0 Å². The number of aliphatic hydroxyl groups excluding tert-OH is 2. The molecule has 0 amide bonds. The van der Waals surface area contributed by atoms with Gasteiger partial charge in [0.05, 0.1) is 6.61 Å². The van der Waals surface area contributed by atoms with Crippen LogP contribution in [0.4, 0.5) is 5.95 Å². The SMILES string of the molecule is CC(C)C(=O)c1nc2c(=O)[nH]c(N)nc2n1[C@@H]1O[C@H](CO)[C@@H](O)[C@@]1(O)C(=O)C(C)C. The topological polar surface area (TPSA) is 194 Å². The zero-order valence-electron chi connectivity index (χ0n) is 17.0. The van der Waals surface area contributed by atoms with Crippen molar-refractivity contribution in [3.63, 3.8) is 0 Å². The third-order valence-electron chi connectivity index (χ3n) is 5.13. The van der Waals surface area contributed by atoms with Crippen molar-refractivity contribution in [3.8, 4) is 0 Å². The van der Waals surface area contributed by atoms with Gasteiger partial charge in [0.15, 0.2) is 34.6 Å². The van der Waals surface area contributed by atoms with E-state index in [0.717, 1.165) is 4.57 Å². The fourth-order valence-electron chi connectivity index (χ4n) is 3.56. The molecule has 30 heavy (non-hydrogen) atoms. The molecule has 4 atom stereocenters. The summed E-state index contributed by atoms with van der Waals surface area (Å²) in [5.74, 6) is -3.17. The quantitative estimate of drug-likeness (QED) is 0.350. The molecule has 3 rings (SSSR count). The summed E-state index contributed by atoms with van der Waals surface area (Å²) >= 11 is 0. The second-order valence-electron chi connectivity index (χ2n) is 7.95. The summed E-state index contributed by atoms with van der Waals surface area (Å²) in [5, 5.41) is 31.5. The van der Waals surface area contributed by atoms with Crippen LogP contribution in [0.1, 0.15) is 44.5 Å². The lowest BCUT2D eigenvalue weighted by atomic mass is 9.84. The van der Waals surface area contributed by atoms with Crippen molar-refractivity contribution in [1.29, 1.82) is 0 Å².